The molecule has 0 saturated heterocycles. The van der Waals surface area contributed by atoms with Crippen molar-refractivity contribution < 1.29 is 55.1 Å². The zero-order valence-corrected chi connectivity index (χ0v) is 23.5. The number of halogens is 4. The Balaban J connectivity index is 1.68. The lowest BCUT2D eigenvalue weighted by Crippen LogP contribution is -2.38. The fraction of sp³-hybridized carbons (Fsp3) is 0.231. The van der Waals surface area contributed by atoms with E-state index in [1.807, 2.05) is 0 Å². The van der Waals surface area contributed by atoms with Gasteiger partial charge in [-0.3, -0.25) is 0 Å². The van der Waals surface area contributed by atoms with Crippen LogP contribution in [0.25, 0.3) is 24.3 Å². The SMILES string of the molecule is O[SiH](O)OCCC[n+]1ccc(C=Cc2c(F)c(F)c(C=Cc3cc[n+](CCC[Si](O)(O)O)cc3)c(F)c2F)cc1. The van der Waals surface area contributed by atoms with Gasteiger partial charge in [-0.05, 0) is 23.3 Å². The van der Waals surface area contributed by atoms with E-state index >= 15 is 0 Å². The second-order valence-electron chi connectivity index (χ2n) is 8.92. The van der Waals surface area contributed by atoms with Crippen LogP contribution in [0.5, 0.6) is 0 Å². The van der Waals surface area contributed by atoms with E-state index in [1.54, 1.807) is 58.2 Å². The first-order valence-corrected chi connectivity index (χ1v) is 15.8. The summed E-state index contributed by atoms with van der Waals surface area (Å²) in [5.41, 5.74) is -0.688. The van der Waals surface area contributed by atoms with Crippen molar-refractivity contribution in [3.05, 3.63) is 94.6 Å². The summed E-state index contributed by atoms with van der Waals surface area (Å²) >= 11 is 0. The highest BCUT2D eigenvalue weighted by Gasteiger charge is 2.26. The van der Waals surface area contributed by atoms with Gasteiger partial charge in [-0.15, -0.1) is 0 Å². The maximum Gasteiger partial charge on any atom is 0.492 e. The first-order valence-electron chi connectivity index (χ1n) is 12.3. The summed E-state index contributed by atoms with van der Waals surface area (Å²) in [5.74, 6) is -6.13. The number of rotatable bonds is 13. The molecule has 3 rings (SSSR count). The van der Waals surface area contributed by atoms with Crippen molar-refractivity contribution >= 4 is 42.6 Å². The number of hydrogen-bond acceptors (Lipinski definition) is 6. The number of pyridine rings is 2. The summed E-state index contributed by atoms with van der Waals surface area (Å²) in [6, 6.07) is 6.34. The van der Waals surface area contributed by atoms with E-state index < -0.39 is 52.7 Å². The largest absolute Gasteiger partial charge is 0.492 e. The van der Waals surface area contributed by atoms with Gasteiger partial charge in [0, 0.05) is 49.8 Å². The van der Waals surface area contributed by atoms with E-state index in [9.17, 15) is 17.6 Å². The monoisotopic (exact) mass is 598 g/mol. The van der Waals surface area contributed by atoms with Gasteiger partial charge in [-0.2, -0.15) is 0 Å². The van der Waals surface area contributed by atoms with E-state index in [-0.39, 0.29) is 12.7 Å². The van der Waals surface area contributed by atoms with E-state index in [1.165, 1.54) is 12.2 Å². The molecule has 0 unspecified atom stereocenters. The molecule has 2 heterocycles. The van der Waals surface area contributed by atoms with Crippen LogP contribution in [0.15, 0.2) is 49.1 Å². The van der Waals surface area contributed by atoms with Crippen LogP contribution in [0.2, 0.25) is 6.04 Å². The molecule has 8 nitrogen and oxygen atoms in total. The van der Waals surface area contributed by atoms with Crippen molar-refractivity contribution in [2.45, 2.75) is 32.0 Å². The summed E-state index contributed by atoms with van der Waals surface area (Å²) in [5, 5.41) is 0. The zero-order chi connectivity index (χ0) is 29.3. The molecular weight excluding hydrogens is 568 g/mol. The van der Waals surface area contributed by atoms with E-state index in [4.69, 9.17) is 28.4 Å². The molecule has 0 aliphatic rings. The van der Waals surface area contributed by atoms with Crippen molar-refractivity contribution in [3.63, 3.8) is 0 Å². The lowest BCUT2D eigenvalue weighted by Gasteiger charge is -2.07. The summed E-state index contributed by atoms with van der Waals surface area (Å²) < 4.78 is 67.1. The van der Waals surface area contributed by atoms with Crippen LogP contribution in [0, 0.1) is 23.3 Å². The van der Waals surface area contributed by atoms with Crippen molar-refractivity contribution in [2.24, 2.45) is 0 Å². The minimum Gasteiger partial charge on any atom is -0.392 e. The van der Waals surface area contributed by atoms with Crippen LogP contribution in [0.3, 0.4) is 0 Å². The molecule has 14 heteroatoms. The molecule has 0 aliphatic heterocycles. The third-order valence-corrected chi connectivity index (χ3v) is 7.36. The standard InChI is InChI=1S/C26H30F4N2O6Si2/c27-23-21(5-3-19-7-13-31(14-8-19)11-1-17-38-39(33)34)24(28)26(30)22(25(23)29)6-4-20-9-15-32(16-10-20)12-2-18-40(35,36)37/h3-10,13-16,33-37,39H,1-2,11-12,17-18H2/q+2. The molecule has 2 aromatic heterocycles. The highest BCUT2D eigenvalue weighted by atomic mass is 28.4. The molecule has 3 aromatic rings. The van der Waals surface area contributed by atoms with Crippen molar-refractivity contribution in [1.82, 2.24) is 0 Å². The fourth-order valence-electron chi connectivity index (χ4n) is 3.71. The van der Waals surface area contributed by atoms with E-state index in [0.717, 1.165) is 12.2 Å². The van der Waals surface area contributed by atoms with Gasteiger partial charge in [-0.25, -0.2) is 26.7 Å². The Morgan fingerprint density at radius 1 is 0.675 bits per heavy atom. The van der Waals surface area contributed by atoms with Crippen LogP contribution in [-0.4, -0.2) is 48.9 Å². The second-order valence-corrected chi connectivity index (χ2v) is 12.0. The molecule has 0 fully saturated rings. The predicted molar refractivity (Wildman–Crippen MR) is 141 cm³/mol. The lowest BCUT2D eigenvalue weighted by molar-refractivity contribution is -0.697. The minimum absolute atomic E-state index is 0.120. The molecular formula is C26H30F4N2O6Si2+2. The summed E-state index contributed by atoms with van der Waals surface area (Å²) in [6.45, 7) is 1.12. The highest BCUT2D eigenvalue weighted by Crippen LogP contribution is 2.27. The van der Waals surface area contributed by atoms with Gasteiger partial charge in [0.2, 0.25) is 0 Å². The average Bonchev–Trinajstić information content (AvgIpc) is 2.91. The summed E-state index contributed by atoms with van der Waals surface area (Å²) in [6.07, 6.45) is 12.0. The molecule has 0 saturated carbocycles. The first-order chi connectivity index (χ1) is 18.9. The van der Waals surface area contributed by atoms with Gasteiger partial charge >= 0.3 is 18.3 Å². The smallest absolute Gasteiger partial charge is 0.392 e. The number of benzene rings is 1. The zero-order valence-electron chi connectivity index (χ0n) is 21.3. The van der Waals surface area contributed by atoms with Crippen molar-refractivity contribution in [3.8, 4) is 0 Å². The fourth-order valence-corrected chi connectivity index (χ4v) is 4.72. The Bertz CT molecular complexity index is 1310. The maximum absolute atomic E-state index is 14.7. The molecule has 5 N–H and O–H groups in total. The molecule has 0 bridgehead atoms. The van der Waals surface area contributed by atoms with Crippen LogP contribution in [-0.2, 0) is 17.5 Å². The van der Waals surface area contributed by atoms with Crippen molar-refractivity contribution in [1.29, 1.82) is 0 Å². The van der Waals surface area contributed by atoms with Crippen LogP contribution in [0.1, 0.15) is 35.1 Å². The Kier molecular flexibility index (Phi) is 11.4. The Morgan fingerprint density at radius 2 is 1.07 bits per heavy atom. The van der Waals surface area contributed by atoms with Crippen molar-refractivity contribution in [2.75, 3.05) is 6.61 Å². The molecule has 0 aliphatic carbocycles. The molecule has 0 atom stereocenters. The Labute approximate surface area is 231 Å². The van der Waals surface area contributed by atoms with Crippen LogP contribution in [0.4, 0.5) is 17.6 Å². The summed E-state index contributed by atoms with van der Waals surface area (Å²) in [7, 11) is -7.15. The Morgan fingerprint density at radius 3 is 1.45 bits per heavy atom. The average molecular weight is 599 g/mol. The number of hydrogen-bond donors (Lipinski definition) is 5. The number of nitrogens with zero attached hydrogens (tertiary/aromatic N) is 2. The lowest BCUT2D eigenvalue weighted by atomic mass is 10.0. The van der Waals surface area contributed by atoms with Crippen LogP contribution < -0.4 is 9.13 Å². The number of aromatic nitrogens is 2. The molecule has 0 radical (unpaired) electrons. The highest BCUT2D eigenvalue weighted by molar-refractivity contribution is 6.56. The van der Waals surface area contributed by atoms with Gasteiger partial charge in [0.05, 0.1) is 11.1 Å². The quantitative estimate of drug-likeness (QED) is 0.0671. The second kappa shape index (κ2) is 14.5. The first kappa shape index (κ1) is 31.4. The Hall–Kier alpha value is -3.09. The molecule has 1 aromatic carbocycles. The molecule has 40 heavy (non-hydrogen) atoms. The maximum atomic E-state index is 14.7. The van der Waals surface area contributed by atoms with Gasteiger partial charge < -0.3 is 28.4 Å². The molecule has 0 amide bonds. The number of aryl methyl sites for hydroxylation is 2. The van der Waals surface area contributed by atoms with Gasteiger partial charge in [0.25, 0.3) is 0 Å². The molecule has 214 valence electrons. The van der Waals surface area contributed by atoms with Crippen LogP contribution >= 0.6 is 0 Å². The van der Waals surface area contributed by atoms with E-state index in [2.05, 4.69) is 0 Å². The normalized spacial score (nSPS) is 12.3. The van der Waals surface area contributed by atoms with Gasteiger partial charge in [0.1, 0.15) is 6.54 Å². The third kappa shape index (κ3) is 9.53. The predicted octanol–water partition coefficient (Wildman–Crippen LogP) is 1.57. The van der Waals surface area contributed by atoms with E-state index in [0.29, 0.717) is 37.1 Å². The third-order valence-electron chi connectivity index (χ3n) is 5.81. The topological polar surface area (TPSA) is 118 Å². The van der Waals surface area contributed by atoms with Gasteiger partial charge in [-0.1, -0.05) is 12.2 Å². The summed E-state index contributed by atoms with van der Waals surface area (Å²) in [4.78, 5) is 44.7. The minimum atomic E-state index is -4.11. The van der Waals surface area contributed by atoms with Gasteiger partial charge in [0.15, 0.2) is 54.6 Å². The molecule has 0 spiro atoms.